The molecule has 0 aliphatic heterocycles. The van der Waals surface area contributed by atoms with E-state index in [-0.39, 0.29) is 39.5 Å². The Bertz CT molecular complexity index is 1430. The molecular weight excluding hydrogens is 540 g/mol. The average Bonchev–Trinajstić information content (AvgIpc) is 3.57. The zero-order chi connectivity index (χ0) is 30.0. The first kappa shape index (κ1) is 28.7. The number of carboxylic acid groups (broad SMARTS) is 1. The third kappa shape index (κ3) is 4.33. The molecule has 0 bridgehead atoms. The largest absolute Gasteiger partial charge is 0.481 e. The van der Waals surface area contributed by atoms with Gasteiger partial charge < -0.3 is 10.0 Å². The number of carbonyl (C=O) groups is 2. The second-order valence-electron chi connectivity index (χ2n) is 13.8. The van der Waals surface area contributed by atoms with E-state index in [2.05, 4.69) is 24.2 Å². The Hall–Kier alpha value is -3.37. The van der Waals surface area contributed by atoms with Gasteiger partial charge in [-0.15, -0.1) is 0 Å². The summed E-state index contributed by atoms with van der Waals surface area (Å²) in [5, 5.41) is 28.9. The molecule has 0 saturated heterocycles. The van der Waals surface area contributed by atoms with Gasteiger partial charge in [0.05, 0.1) is 17.0 Å². The van der Waals surface area contributed by atoms with E-state index in [4.69, 9.17) is 4.63 Å². The van der Waals surface area contributed by atoms with Crippen LogP contribution in [0.2, 0.25) is 0 Å². The second-order valence-corrected chi connectivity index (χ2v) is 13.8. The molecule has 1 aromatic carbocycles. The van der Waals surface area contributed by atoms with Crippen LogP contribution < -0.4 is 4.90 Å². The molecule has 3 unspecified atom stereocenters. The van der Waals surface area contributed by atoms with Gasteiger partial charge in [0.2, 0.25) is 11.8 Å². The van der Waals surface area contributed by atoms with Crippen LogP contribution in [-0.2, 0) is 14.4 Å². The standard InChI is InChI=1S/C31H39N4O7/c1-17(37)22-6-7-23-21-5-4-18-14-19(10-12-30(18,2)24(21)11-13-31(22,23)3)34(20(16-36)15-27(38)39)25-8-9-26(35(40)41)29-28(25)32-42-33-29/h8-9,18-24H,4-7,10-15H2,1-3H3,(H,38,39)/t18-,19-,20-,21?,22+,23?,24?,30-,31+/m0/s1. The molecule has 4 aliphatic rings. The highest BCUT2D eigenvalue weighted by Crippen LogP contribution is 2.67. The Balaban J connectivity index is 1.31. The van der Waals surface area contributed by atoms with Crippen molar-refractivity contribution in [3.63, 3.8) is 0 Å². The number of non-ortho nitro benzene ring substituents is 1. The minimum absolute atomic E-state index is 0.0330. The average molecular weight is 580 g/mol. The molecule has 4 aliphatic carbocycles. The predicted molar refractivity (Wildman–Crippen MR) is 152 cm³/mol. The number of Topliss-reactive ketones (excluding diaryl/α,β-unsaturated/α-hetero) is 1. The SMILES string of the molecule is CC(=O)[C@H]1CCC2C3CC[C@H]4C[C@@H](N(c5ccc([N+](=O)[O-])c6nonc56)[C@H]([C]=O)CC(=O)O)CC[C@]4(C)C3CC[C@@]21C. The zero-order valence-corrected chi connectivity index (χ0v) is 24.5. The van der Waals surface area contributed by atoms with E-state index in [0.29, 0.717) is 35.1 Å². The van der Waals surface area contributed by atoms with Gasteiger partial charge >= 0.3 is 11.7 Å². The number of hydrogen-bond donors (Lipinski definition) is 1. The number of carbonyl (C=O) groups excluding carboxylic acids is 2. The fourth-order valence-corrected chi connectivity index (χ4v) is 10.3. The number of hydrogen-bond acceptors (Lipinski definition) is 9. The van der Waals surface area contributed by atoms with Gasteiger partial charge in [0.15, 0.2) is 5.52 Å². The third-order valence-electron chi connectivity index (χ3n) is 12.2. The highest BCUT2D eigenvalue weighted by molar-refractivity contribution is 5.95. The minimum atomic E-state index is -1.13. The third-order valence-corrected chi connectivity index (χ3v) is 12.2. The maximum atomic E-state index is 12.5. The summed E-state index contributed by atoms with van der Waals surface area (Å²) in [5.41, 5.74) is 0.463. The maximum absolute atomic E-state index is 12.5. The summed E-state index contributed by atoms with van der Waals surface area (Å²) in [6.45, 7) is 6.55. The molecule has 9 atom stereocenters. The van der Waals surface area contributed by atoms with E-state index in [1.54, 1.807) is 11.8 Å². The Morgan fingerprint density at radius 3 is 2.50 bits per heavy atom. The highest BCUT2D eigenvalue weighted by atomic mass is 16.6. The van der Waals surface area contributed by atoms with Crippen molar-refractivity contribution in [3.8, 4) is 0 Å². The number of nitrogens with zero attached hydrogens (tertiary/aromatic N) is 4. The van der Waals surface area contributed by atoms with Crippen LogP contribution in [0.3, 0.4) is 0 Å². The number of anilines is 1. The second kappa shape index (κ2) is 10.4. The van der Waals surface area contributed by atoms with Crippen LogP contribution in [0.25, 0.3) is 11.0 Å². The lowest BCUT2D eigenvalue weighted by Crippen LogP contribution is -2.57. The number of nitro groups is 1. The van der Waals surface area contributed by atoms with Crippen molar-refractivity contribution in [2.45, 2.75) is 97.1 Å². The molecule has 1 aromatic heterocycles. The van der Waals surface area contributed by atoms with E-state index in [0.717, 1.165) is 57.8 Å². The van der Waals surface area contributed by atoms with Crippen molar-refractivity contribution in [1.82, 2.24) is 10.3 Å². The van der Waals surface area contributed by atoms with Gasteiger partial charge in [0.25, 0.3) is 0 Å². The molecule has 42 heavy (non-hydrogen) atoms. The Morgan fingerprint density at radius 2 is 1.81 bits per heavy atom. The normalized spacial score (nSPS) is 36.4. The van der Waals surface area contributed by atoms with Gasteiger partial charge in [-0.25, -0.2) is 4.63 Å². The summed E-state index contributed by atoms with van der Waals surface area (Å²) in [7, 11) is 0. The number of benzene rings is 1. The molecule has 4 fully saturated rings. The molecule has 0 amide bonds. The van der Waals surface area contributed by atoms with Crippen molar-refractivity contribution >= 4 is 40.4 Å². The molecule has 11 nitrogen and oxygen atoms in total. The van der Waals surface area contributed by atoms with Crippen LogP contribution in [0.1, 0.15) is 85.0 Å². The highest BCUT2D eigenvalue weighted by Gasteiger charge is 2.61. The van der Waals surface area contributed by atoms with Gasteiger partial charge in [-0.3, -0.25) is 24.5 Å². The van der Waals surface area contributed by atoms with Crippen LogP contribution in [0, 0.1) is 50.5 Å². The van der Waals surface area contributed by atoms with E-state index < -0.39 is 23.4 Å². The van der Waals surface area contributed by atoms with Crippen LogP contribution in [0.15, 0.2) is 16.8 Å². The topological polar surface area (TPSA) is 157 Å². The van der Waals surface area contributed by atoms with Gasteiger partial charge in [-0.2, -0.15) is 0 Å². The minimum Gasteiger partial charge on any atom is -0.481 e. The molecule has 2 aromatic rings. The number of ketones is 1. The monoisotopic (exact) mass is 579 g/mol. The molecule has 1 heterocycles. The Kier molecular flexibility index (Phi) is 7.13. The fourth-order valence-electron chi connectivity index (χ4n) is 10.3. The number of rotatable bonds is 8. The summed E-state index contributed by atoms with van der Waals surface area (Å²) >= 11 is 0. The quantitative estimate of drug-likeness (QED) is 0.312. The Morgan fingerprint density at radius 1 is 1.10 bits per heavy atom. The lowest BCUT2D eigenvalue weighted by atomic mass is 9.44. The van der Waals surface area contributed by atoms with Gasteiger partial charge in [-0.05, 0) is 116 Å². The van der Waals surface area contributed by atoms with Gasteiger partial charge in [-0.1, -0.05) is 13.8 Å². The summed E-state index contributed by atoms with van der Waals surface area (Å²) in [6, 6.07) is 1.57. The van der Waals surface area contributed by atoms with Crippen LogP contribution in [-0.4, -0.2) is 50.5 Å². The summed E-state index contributed by atoms with van der Waals surface area (Å²) in [5.74, 6) is 1.54. The molecule has 4 saturated carbocycles. The van der Waals surface area contributed by atoms with Crippen molar-refractivity contribution in [1.29, 1.82) is 0 Å². The van der Waals surface area contributed by atoms with Gasteiger partial charge in [0.1, 0.15) is 11.8 Å². The molecule has 225 valence electrons. The molecule has 1 N–H and O–H groups in total. The van der Waals surface area contributed by atoms with Crippen LogP contribution >= 0.6 is 0 Å². The first-order valence-corrected chi connectivity index (χ1v) is 15.3. The van der Waals surface area contributed by atoms with Crippen LogP contribution in [0.5, 0.6) is 0 Å². The predicted octanol–water partition coefficient (Wildman–Crippen LogP) is 5.51. The summed E-state index contributed by atoms with van der Waals surface area (Å²) < 4.78 is 4.89. The lowest BCUT2D eigenvalue weighted by molar-refractivity contribution is -0.383. The summed E-state index contributed by atoms with van der Waals surface area (Å²) in [6.07, 6.45) is 10.5. The van der Waals surface area contributed by atoms with E-state index in [1.807, 2.05) is 6.29 Å². The van der Waals surface area contributed by atoms with Crippen LogP contribution in [0.4, 0.5) is 11.4 Å². The van der Waals surface area contributed by atoms with E-state index >= 15 is 0 Å². The molecule has 1 radical (unpaired) electrons. The zero-order valence-electron chi connectivity index (χ0n) is 24.5. The first-order chi connectivity index (χ1) is 20.0. The first-order valence-electron chi connectivity index (χ1n) is 15.3. The van der Waals surface area contributed by atoms with Crippen molar-refractivity contribution in [2.24, 2.45) is 40.4 Å². The van der Waals surface area contributed by atoms with E-state index in [9.17, 15) is 29.6 Å². The number of aliphatic carboxylic acids is 1. The lowest BCUT2D eigenvalue weighted by Gasteiger charge is -2.61. The Labute approximate surface area is 244 Å². The number of carboxylic acids is 1. The maximum Gasteiger partial charge on any atom is 0.305 e. The molecule has 6 rings (SSSR count). The molecule has 0 spiro atoms. The number of fused-ring (bicyclic) bond motifs is 6. The molecular formula is C31H39N4O7. The van der Waals surface area contributed by atoms with Gasteiger partial charge in [0, 0.05) is 18.0 Å². The van der Waals surface area contributed by atoms with Crippen molar-refractivity contribution in [3.05, 3.63) is 22.2 Å². The number of nitro benzene ring substituents is 1. The summed E-state index contributed by atoms with van der Waals surface area (Å²) in [4.78, 5) is 49.4. The van der Waals surface area contributed by atoms with Crippen molar-refractivity contribution < 1.29 is 29.0 Å². The van der Waals surface area contributed by atoms with E-state index in [1.165, 1.54) is 12.1 Å². The molecule has 11 heteroatoms. The number of aromatic nitrogens is 2. The smallest absolute Gasteiger partial charge is 0.305 e. The van der Waals surface area contributed by atoms with Crippen molar-refractivity contribution in [2.75, 3.05) is 4.90 Å². The fraction of sp³-hybridized carbons (Fsp3) is 0.710.